The number of methoxy groups -OCH3 is 3. The van der Waals surface area contributed by atoms with Gasteiger partial charge < -0.3 is 18.9 Å². The van der Waals surface area contributed by atoms with Crippen LogP contribution in [0.4, 0.5) is 0 Å². The summed E-state index contributed by atoms with van der Waals surface area (Å²) in [7, 11) is 5.00. The SMILES string of the molecule is COc1ccc(CN(Cc2ccc3cccc(OC)c3n2)CC2CCCO2)cc1OC. The van der Waals surface area contributed by atoms with E-state index in [0.29, 0.717) is 0 Å². The molecule has 2 aromatic carbocycles. The van der Waals surface area contributed by atoms with Crippen LogP contribution in [0.3, 0.4) is 0 Å². The molecule has 0 amide bonds. The van der Waals surface area contributed by atoms with Crippen molar-refractivity contribution in [1.29, 1.82) is 0 Å². The lowest BCUT2D eigenvalue weighted by Crippen LogP contribution is -2.31. The van der Waals surface area contributed by atoms with E-state index in [0.717, 1.165) is 78.5 Å². The molecule has 1 aromatic heterocycles. The number of nitrogens with zero attached hydrogens (tertiary/aromatic N) is 2. The minimum Gasteiger partial charge on any atom is -0.494 e. The number of benzene rings is 2. The molecule has 6 nitrogen and oxygen atoms in total. The lowest BCUT2D eigenvalue weighted by Gasteiger charge is -2.25. The summed E-state index contributed by atoms with van der Waals surface area (Å²) < 4.78 is 22.3. The molecule has 1 aliphatic rings. The van der Waals surface area contributed by atoms with Crippen LogP contribution in [0.2, 0.25) is 0 Å². The van der Waals surface area contributed by atoms with Crippen molar-refractivity contribution in [2.45, 2.75) is 32.0 Å². The highest BCUT2D eigenvalue weighted by atomic mass is 16.5. The van der Waals surface area contributed by atoms with Gasteiger partial charge in [-0.05, 0) is 42.7 Å². The highest BCUT2D eigenvalue weighted by Gasteiger charge is 2.21. The van der Waals surface area contributed by atoms with Crippen LogP contribution < -0.4 is 14.2 Å². The van der Waals surface area contributed by atoms with E-state index in [1.54, 1.807) is 21.3 Å². The lowest BCUT2D eigenvalue weighted by atomic mass is 10.1. The fraction of sp³-hybridized carbons (Fsp3) is 0.400. The molecule has 31 heavy (non-hydrogen) atoms. The molecule has 1 saturated heterocycles. The standard InChI is InChI=1S/C25H30N2O4/c1-28-22-12-9-18(14-24(22)30-3)15-27(17-21-7-5-13-31-21)16-20-11-10-19-6-4-8-23(29-2)25(19)26-20/h4,6,8-12,14,21H,5,7,13,15-17H2,1-3H3. The van der Waals surface area contributed by atoms with E-state index < -0.39 is 0 Å². The summed E-state index contributed by atoms with van der Waals surface area (Å²) in [5.41, 5.74) is 3.06. The zero-order chi connectivity index (χ0) is 21.6. The molecule has 1 aliphatic heterocycles. The normalized spacial score (nSPS) is 16.1. The Morgan fingerprint density at radius 1 is 0.935 bits per heavy atom. The van der Waals surface area contributed by atoms with Crippen LogP contribution in [0.15, 0.2) is 48.5 Å². The van der Waals surface area contributed by atoms with E-state index in [4.69, 9.17) is 23.9 Å². The summed E-state index contributed by atoms with van der Waals surface area (Å²) in [6, 6.07) is 16.3. The van der Waals surface area contributed by atoms with Gasteiger partial charge in [0.1, 0.15) is 11.3 Å². The van der Waals surface area contributed by atoms with E-state index in [2.05, 4.69) is 29.2 Å². The predicted octanol–water partition coefficient (Wildman–Crippen LogP) is 4.44. The molecule has 0 N–H and O–H groups in total. The fourth-order valence-electron chi connectivity index (χ4n) is 4.14. The summed E-state index contributed by atoms with van der Waals surface area (Å²) in [6.45, 7) is 3.20. The summed E-state index contributed by atoms with van der Waals surface area (Å²) in [5.74, 6) is 2.27. The van der Waals surface area contributed by atoms with Crippen molar-refractivity contribution in [3.63, 3.8) is 0 Å². The van der Waals surface area contributed by atoms with Crippen LogP contribution in [-0.2, 0) is 17.8 Å². The summed E-state index contributed by atoms with van der Waals surface area (Å²) in [5, 5.41) is 1.08. The van der Waals surface area contributed by atoms with Gasteiger partial charge in [0.2, 0.25) is 0 Å². The van der Waals surface area contributed by atoms with Gasteiger partial charge in [0.05, 0.1) is 33.1 Å². The summed E-state index contributed by atoms with van der Waals surface area (Å²) in [4.78, 5) is 7.30. The van der Waals surface area contributed by atoms with Crippen molar-refractivity contribution in [2.24, 2.45) is 0 Å². The average molecular weight is 423 g/mol. The molecule has 6 heteroatoms. The molecule has 1 unspecified atom stereocenters. The number of para-hydroxylation sites is 1. The number of aromatic nitrogens is 1. The van der Waals surface area contributed by atoms with Crippen LogP contribution in [-0.4, -0.2) is 50.5 Å². The monoisotopic (exact) mass is 422 g/mol. The highest BCUT2D eigenvalue weighted by molar-refractivity contribution is 5.84. The van der Waals surface area contributed by atoms with E-state index in [9.17, 15) is 0 Å². The largest absolute Gasteiger partial charge is 0.494 e. The van der Waals surface area contributed by atoms with Gasteiger partial charge >= 0.3 is 0 Å². The molecule has 4 rings (SSSR count). The Morgan fingerprint density at radius 3 is 2.52 bits per heavy atom. The van der Waals surface area contributed by atoms with Gasteiger partial charge in [0.25, 0.3) is 0 Å². The quantitative estimate of drug-likeness (QED) is 0.508. The summed E-state index contributed by atoms with van der Waals surface area (Å²) >= 11 is 0. The number of fused-ring (bicyclic) bond motifs is 1. The highest BCUT2D eigenvalue weighted by Crippen LogP contribution is 2.29. The van der Waals surface area contributed by atoms with E-state index in [1.807, 2.05) is 24.3 Å². The average Bonchev–Trinajstić information content (AvgIpc) is 3.31. The minimum absolute atomic E-state index is 0.259. The first-order valence-corrected chi connectivity index (χ1v) is 10.7. The number of pyridine rings is 1. The maximum absolute atomic E-state index is 5.92. The molecular weight excluding hydrogens is 392 g/mol. The molecule has 0 aliphatic carbocycles. The Hall–Kier alpha value is -2.83. The maximum Gasteiger partial charge on any atom is 0.161 e. The maximum atomic E-state index is 5.92. The first kappa shape index (κ1) is 21.4. The molecular formula is C25H30N2O4. The van der Waals surface area contributed by atoms with Gasteiger partial charge in [0, 0.05) is 31.6 Å². The zero-order valence-corrected chi connectivity index (χ0v) is 18.5. The van der Waals surface area contributed by atoms with Crippen molar-refractivity contribution in [1.82, 2.24) is 9.88 Å². The van der Waals surface area contributed by atoms with Crippen molar-refractivity contribution < 1.29 is 18.9 Å². The third kappa shape index (κ3) is 5.09. The molecule has 3 aromatic rings. The van der Waals surface area contributed by atoms with E-state index in [-0.39, 0.29) is 6.10 Å². The van der Waals surface area contributed by atoms with Crippen molar-refractivity contribution in [2.75, 3.05) is 34.5 Å². The van der Waals surface area contributed by atoms with Crippen molar-refractivity contribution >= 4 is 10.9 Å². The fourth-order valence-corrected chi connectivity index (χ4v) is 4.14. The second kappa shape index (κ2) is 9.98. The second-order valence-corrected chi connectivity index (χ2v) is 7.83. The third-order valence-electron chi connectivity index (χ3n) is 5.69. The Labute approximate surface area is 183 Å². The minimum atomic E-state index is 0.259. The van der Waals surface area contributed by atoms with Crippen LogP contribution in [0.25, 0.3) is 10.9 Å². The van der Waals surface area contributed by atoms with E-state index in [1.165, 1.54) is 0 Å². The van der Waals surface area contributed by atoms with Crippen LogP contribution in [0.1, 0.15) is 24.1 Å². The summed E-state index contributed by atoms with van der Waals surface area (Å²) in [6.07, 6.45) is 2.48. The Balaban J connectivity index is 1.58. The zero-order valence-electron chi connectivity index (χ0n) is 18.5. The van der Waals surface area contributed by atoms with Gasteiger partial charge in [-0.1, -0.05) is 24.3 Å². The first-order valence-electron chi connectivity index (χ1n) is 10.7. The Morgan fingerprint density at radius 2 is 1.77 bits per heavy atom. The Bertz CT molecular complexity index is 1020. The molecule has 1 atom stereocenters. The molecule has 1 fully saturated rings. The van der Waals surface area contributed by atoms with Crippen LogP contribution >= 0.6 is 0 Å². The van der Waals surface area contributed by atoms with Crippen LogP contribution in [0.5, 0.6) is 17.2 Å². The van der Waals surface area contributed by atoms with Crippen molar-refractivity contribution in [3.8, 4) is 17.2 Å². The topological polar surface area (TPSA) is 53.1 Å². The van der Waals surface area contributed by atoms with Crippen molar-refractivity contribution in [3.05, 3.63) is 59.8 Å². The molecule has 164 valence electrons. The Kier molecular flexibility index (Phi) is 6.89. The van der Waals surface area contributed by atoms with Gasteiger partial charge in [-0.3, -0.25) is 4.90 Å². The predicted molar refractivity (Wildman–Crippen MR) is 121 cm³/mol. The molecule has 0 spiro atoms. The molecule has 0 saturated carbocycles. The smallest absolute Gasteiger partial charge is 0.161 e. The van der Waals surface area contributed by atoms with Crippen LogP contribution in [0, 0.1) is 0 Å². The first-order chi connectivity index (χ1) is 15.2. The second-order valence-electron chi connectivity index (χ2n) is 7.83. The van der Waals surface area contributed by atoms with Gasteiger partial charge in [-0.2, -0.15) is 0 Å². The number of ether oxygens (including phenoxy) is 4. The van der Waals surface area contributed by atoms with Gasteiger partial charge in [-0.25, -0.2) is 4.98 Å². The molecule has 0 bridgehead atoms. The number of hydrogen-bond acceptors (Lipinski definition) is 6. The molecule has 0 radical (unpaired) electrons. The van der Waals surface area contributed by atoms with E-state index >= 15 is 0 Å². The molecule has 2 heterocycles. The number of rotatable bonds is 9. The lowest BCUT2D eigenvalue weighted by molar-refractivity contribution is 0.0675. The third-order valence-corrected chi connectivity index (χ3v) is 5.69. The van der Waals surface area contributed by atoms with Gasteiger partial charge in [-0.15, -0.1) is 0 Å². The van der Waals surface area contributed by atoms with Gasteiger partial charge in [0.15, 0.2) is 11.5 Å². The number of hydrogen-bond donors (Lipinski definition) is 0.